The first-order valence-electron chi connectivity index (χ1n) is 5.23. The summed E-state index contributed by atoms with van der Waals surface area (Å²) in [6, 6.07) is 1.84. The molecule has 0 fully saturated rings. The molecule has 0 aliphatic heterocycles. The number of rotatable bonds is 5. The van der Waals surface area contributed by atoms with Gasteiger partial charge in [0.1, 0.15) is 0 Å². The van der Waals surface area contributed by atoms with Crippen LogP contribution in [0.5, 0.6) is 5.88 Å². The predicted octanol–water partition coefficient (Wildman–Crippen LogP) is 1.05. The molecule has 0 spiro atoms. The van der Waals surface area contributed by atoms with Gasteiger partial charge in [0.2, 0.25) is 5.88 Å². The van der Waals surface area contributed by atoms with Gasteiger partial charge in [-0.1, -0.05) is 0 Å². The predicted molar refractivity (Wildman–Crippen MR) is 58.2 cm³/mol. The molecule has 0 bridgehead atoms. The molecule has 1 unspecified atom stereocenters. The van der Waals surface area contributed by atoms with E-state index in [0.717, 1.165) is 0 Å². The average Bonchev–Trinajstić information content (AvgIpc) is 2.31. The lowest BCUT2D eigenvalue weighted by Gasteiger charge is -2.08. The molecule has 0 aliphatic carbocycles. The second kappa shape index (κ2) is 6.43. The lowest BCUT2D eigenvalue weighted by atomic mass is 10.1. The average molecular weight is 235 g/mol. The summed E-state index contributed by atoms with van der Waals surface area (Å²) in [5.41, 5.74) is 0.233. The van der Waals surface area contributed by atoms with Crippen molar-refractivity contribution < 1.29 is 14.3 Å². The molecule has 17 heavy (non-hydrogen) atoms. The lowest BCUT2D eigenvalue weighted by molar-refractivity contribution is -0.143. The Morgan fingerprint density at radius 2 is 2.24 bits per heavy atom. The van der Waals surface area contributed by atoms with Gasteiger partial charge in [0.25, 0.3) is 0 Å². The van der Waals surface area contributed by atoms with E-state index >= 15 is 0 Å². The smallest absolute Gasteiger partial charge is 0.329 e. The van der Waals surface area contributed by atoms with Crippen LogP contribution in [-0.2, 0) is 9.53 Å². The van der Waals surface area contributed by atoms with Crippen LogP contribution in [0, 0.1) is 11.3 Å². The second-order valence-corrected chi connectivity index (χ2v) is 3.03. The minimum absolute atomic E-state index is 0.218. The van der Waals surface area contributed by atoms with Crippen LogP contribution in [0.2, 0.25) is 0 Å². The van der Waals surface area contributed by atoms with Gasteiger partial charge in [-0.25, -0.2) is 4.98 Å². The van der Waals surface area contributed by atoms with Crippen molar-refractivity contribution in [2.75, 3.05) is 13.2 Å². The van der Waals surface area contributed by atoms with Gasteiger partial charge in [-0.2, -0.15) is 5.26 Å². The van der Waals surface area contributed by atoms with E-state index < -0.39 is 11.9 Å². The Labute approximate surface area is 99.2 Å². The molecule has 0 aromatic carbocycles. The van der Waals surface area contributed by atoms with Gasteiger partial charge in [-0.3, -0.25) is 9.78 Å². The maximum atomic E-state index is 11.5. The molecule has 90 valence electrons. The number of nitrogens with zero attached hydrogens (tertiary/aromatic N) is 3. The third-order valence-electron chi connectivity index (χ3n) is 1.87. The number of hydrogen-bond acceptors (Lipinski definition) is 6. The van der Waals surface area contributed by atoms with E-state index in [1.165, 1.54) is 12.4 Å². The van der Waals surface area contributed by atoms with Crippen molar-refractivity contribution in [3.8, 4) is 11.9 Å². The Morgan fingerprint density at radius 1 is 1.47 bits per heavy atom. The molecule has 0 radical (unpaired) electrons. The van der Waals surface area contributed by atoms with Crippen LogP contribution in [0.4, 0.5) is 0 Å². The van der Waals surface area contributed by atoms with Gasteiger partial charge in [0, 0.05) is 0 Å². The molecule has 1 atom stereocenters. The summed E-state index contributed by atoms with van der Waals surface area (Å²) >= 11 is 0. The van der Waals surface area contributed by atoms with Crippen molar-refractivity contribution in [2.45, 2.75) is 19.8 Å². The SMILES string of the molecule is CCOC(=O)C(C#N)c1cncc(OCC)n1. The van der Waals surface area contributed by atoms with Crippen LogP contribution in [0.3, 0.4) is 0 Å². The molecule has 1 heterocycles. The van der Waals surface area contributed by atoms with Crippen molar-refractivity contribution in [1.29, 1.82) is 5.26 Å². The summed E-state index contributed by atoms with van der Waals surface area (Å²) in [7, 11) is 0. The van der Waals surface area contributed by atoms with Crippen LogP contribution >= 0.6 is 0 Å². The first kappa shape index (κ1) is 12.9. The summed E-state index contributed by atoms with van der Waals surface area (Å²) < 4.78 is 9.92. The van der Waals surface area contributed by atoms with Crippen LogP contribution in [0.15, 0.2) is 12.4 Å². The maximum absolute atomic E-state index is 11.5. The van der Waals surface area contributed by atoms with E-state index in [1.807, 2.05) is 13.0 Å². The van der Waals surface area contributed by atoms with Crippen molar-refractivity contribution >= 4 is 5.97 Å². The molecule has 1 aromatic heterocycles. The monoisotopic (exact) mass is 235 g/mol. The number of hydrogen-bond donors (Lipinski definition) is 0. The first-order chi connectivity index (χ1) is 8.22. The highest BCUT2D eigenvalue weighted by Crippen LogP contribution is 2.16. The molecule has 6 heteroatoms. The molecule has 0 saturated carbocycles. The zero-order valence-electron chi connectivity index (χ0n) is 9.71. The van der Waals surface area contributed by atoms with Crippen molar-refractivity contribution in [3.63, 3.8) is 0 Å². The summed E-state index contributed by atoms with van der Waals surface area (Å²) in [5, 5.41) is 8.94. The molecule has 1 rings (SSSR count). The Hall–Kier alpha value is -2.16. The van der Waals surface area contributed by atoms with E-state index in [2.05, 4.69) is 9.97 Å². The Morgan fingerprint density at radius 3 is 2.82 bits per heavy atom. The van der Waals surface area contributed by atoms with Crippen molar-refractivity contribution in [2.24, 2.45) is 0 Å². The minimum Gasteiger partial charge on any atom is -0.477 e. The maximum Gasteiger partial charge on any atom is 0.329 e. The Bertz CT molecular complexity index is 428. The largest absolute Gasteiger partial charge is 0.477 e. The minimum atomic E-state index is -1.07. The highest BCUT2D eigenvalue weighted by molar-refractivity contribution is 5.80. The Balaban J connectivity index is 2.92. The van der Waals surface area contributed by atoms with Crippen LogP contribution in [0.25, 0.3) is 0 Å². The second-order valence-electron chi connectivity index (χ2n) is 3.03. The van der Waals surface area contributed by atoms with E-state index in [4.69, 9.17) is 14.7 Å². The Kier molecular flexibility index (Phi) is 4.88. The standard InChI is InChI=1S/C11H13N3O3/c1-3-16-10-7-13-6-9(14-10)8(5-12)11(15)17-4-2/h6-8H,3-4H2,1-2H3. The van der Waals surface area contributed by atoms with Crippen LogP contribution in [-0.4, -0.2) is 29.2 Å². The van der Waals surface area contributed by atoms with Gasteiger partial charge < -0.3 is 9.47 Å². The van der Waals surface area contributed by atoms with E-state index in [-0.39, 0.29) is 18.2 Å². The van der Waals surface area contributed by atoms with Gasteiger partial charge >= 0.3 is 5.97 Å². The number of aromatic nitrogens is 2. The lowest BCUT2D eigenvalue weighted by Crippen LogP contribution is -2.16. The molecule has 0 aliphatic rings. The quantitative estimate of drug-likeness (QED) is 0.709. The van der Waals surface area contributed by atoms with E-state index in [1.54, 1.807) is 6.92 Å². The summed E-state index contributed by atoms with van der Waals surface area (Å²) in [4.78, 5) is 19.4. The molecule has 0 saturated heterocycles. The number of esters is 1. The topological polar surface area (TPSA) is 85.1 Å². The fraction of sp³-hybridized carbons (Fsp3) is 0.455. The van der Waals surface area contributed by atoms with E-state index in [9.17, 15) is 4.79 Å². The fourth-order valence-corrected chi connectivity index (χ4v) is 1.18. The van der Waals surface area contributed by atoms with E-state index in [0.29, 0.717) is 6.61 Å². The fourth-order valence-electron chi connectivity index (χ4n) is 1.18. The van der Waals surface area contributed by atoms with Gasteiger partial charge in [-0.05, 0) is 13.8 Å². The van der Waals surface area contributed by atoms with Crippen molar-refractivity contribution in [1.82, 2.24) is 9.97 Å². The molecule has 6 nitrogen and oxygen atoms in total. The normalized spacial score (nSPS) is 11.4. The summed E-state index contributed by atoms with van der Waals surface area (Å²) in [6.45, 7) is 4.14. The van der Waals surface area contributed by atoms with Crippen LogP contribution < -0.4 is 4.74 Å². The third-order valence-corrected chi connectivity index (χ3v) is 1.87. The zero-order chi connectivity index (χ0) is 12.7. The van der Waals surface area contributed by atoms with Gasteiger partial charge in [-0.15, -0.1) is 0 Å². The van der Waals surface area contributed by atoms with Crippen LogP contribution in [0.1, 0.15) is 25.5 Å². The third kappa shape index (κ3) is 3.41. The first-order valence-corrected chi connectivity index (χ1v) is 5.23. The van der Waals surface area contributed by atoms with Crippen molar-refractivity contribution in [3.05, 3.63) is 18.1 Å². The molecule has 1 aromatic rings. The summed E-state index contributed by atoms with van der Waals surface area (Å²) in [5.74, 6) is -1.41. The highest BCUT2D eigenvalue weighted by Gasteiger charge is 2.23. The number of carbonyl (C=O) groups is 1. The number of nitriles is 1. The number of carbonyl (C=O) groups excluding carboxylic acids is 1. The highest BCUT2D eigenvalue weighted by atomic mass is 16.5. The number of ether oxygens (including phenoxy) is 2. The zero-order valence-corrected chi connectivity index (χ0v) is 9.71. The molecule has 0 N–H and O–H groups in total. The molecule has 0 amide bonds. The molecular formula is C11H13N3O3. The van der Waals surface area contributed by atoms with Gasteiger partial charge in [0.15, 0.2) is 5.92 Å². The van der Waals surface area contributed by atoms with Gasteiger partial charge in [0.05, 0.1) is 37.4 Å². The molecular weight excluding hydrogens is 222 g/mol. The summed E-state index contributed by atoms with van der Waals surface area (Å²) in [6.07, 6.45) is 2.78.